The molecule has 0 atom stereocenters. The zero-order chi connectivity index (χ0) is 15.1. The average Bonchev–Trinajstić information content (AvgIpc) is 2.34. The molecule has 0 saturated heterocycles. The number of halogens is 5. The largest absolute Gasteiger partial charge is 0.417 e. The maximum absolute atomic E-state index is 13.1. The van der Waals surface area contributed by atoms with Crippen LogP contribution in [0.2, 0.25) is 0 Å². The number of alkyl halides is 3. The maximum Gasteiger partial charge on any atom is 0.417 e. The summed E-state index contributed by atoms with van der Waals surface area (Å²) in [5, 5.41) is 0. The second-order valence-corrected chi connectivity index (χ2v) is 6.01. The SMILES string of the molecule is Cc1nc(-c2ccc(Br)cc2C(F)(F)F)nc(N)c1I. The molecule has 1 aromatic carbocycles. The lowest BCUT2D eigenvalue weighted by atomic mass is 10.1. The van der Waals surface area contributed by atoms with Crippen LogP contribution < -0.4 is 5.73 Å². The van der Waals surface area contributed by atoms with Gasteiger partial charge in [-0.05, 0) is 47.7 Å². The molecule has 106 valence electrons. The topological polar surface area (TPSA) is 51.8 Å². The van der Waals surface area contributed by atoms with Gasteiger partial charge in [0.1, 0.15) is 5.82 Å². The minimum Gasteiger partial charge on any atom is -0.383 e. The Morgan fingerprint density at radius 3 is 2.45 bits per heavy atom. The quantitative estimate of drug-likeness (QED) is 0.645. The number of nitrogens with two attached hydrogens (primary N) is 1. The molecule has 0 bridgehead atoms. The summed E-state index contributed by atoms with van der Waals surface area (Å²) in [6, 6.07) is 3.84. The Balaban J connectivity index is 2.70. The van der Waals surface area contributed by atoms with Gasteiger partial charge in [-0.15, -0.1) is 0 Å². The first-order valence-electron chi connectivity index (χ1n) is 5.37. The zero-order valence-electron chi connectivity index (χ0n) is 10.1. The average molecular weight is 458 g/mol. The fraction of sp³-hybridized carbons (Fsp3) is 0.167. The van der Waals surface area contributed by atoms with E-state index in [1.54, 1.807) is 6.92 Å². The Bertz CT molecular complexity index is 650. The normalized spacial score (nSPS) is 11.7. The third kappa shape index (κ3) is 3.05. The third-order valence-electron chi connectivity index (χ3n) is 2.57. The number of anilines is 1. The molecule has 0 amide bonds. The fourth-order valence-electron chi connectivity index (χ4n) is 1.65. The first kappa shape index (κ1) is 15.5. The molecule has 0 unspecified atom stereocenters. The van der Waals surface area contributed by atoms with Gasteiger partial charge in [-0.1, -0.05) is 15.9 Å². The molecule has 2 aromatic rings. The number of aromatic nitrogens is 2. The standard InChI is InChI=1S/C12H8BrF3IN3/c1-5-9(17)10(18)20-11(19-5)7-3-2-6(13)4-8(7)12(14,15)16/h2-4H,1H3,(H2,18,19,20). The summed E-state index contributed by atoms with van der Waals surface area (Å²) in [7, 11) is 0. The number of rotatable bonds is 1. The Hall–Kier alpha value is -0.900. The first-order valence-corrected chi connectivity index (χ1v) is 7.24. The van der Waals surface area contributed by atoms with Crippen molar-refractivity contribution in [3.63, 3.8) is 0 Å². The van der Waals surface area contributed by atoms with Gasteiger partial charge in [-0.25, -0.2) is 9.97 Å². The number of hydrogen-bond donors (Lipinski definition) is 1. The van der Waals surface area contributed by atoms with E-state index >= 15 is 0 Å². The van der Waals surface area contributed by atoms with Gasteiger partial charge in [0, 0.05) is 10.0 Å². The molecule has 8 heteroatoms. The molecule has 0 aliphatic heterocycles. The van der Waals surface area contributed by atoms with Crippen LogP contribution in [0.4, 0.5) is 19.0 Å². The highest BCUT2D eigenvalue weighted by molar-refractivity contribution is 14.1. The number of nitrogens with zero attached hydrogens (tertiary/aromatic N) is 2. The smallest absolute Gasteiger partial charge is 0.383 e. The monoisotopic (exact) mass is 457 g/mol. The minimum absolute atomic E-state index is 0.0276. The van der Waals surface area contributed by atoms with Crippen molar-refractivity contribution in [2.75, 3.05) is 5.73 Å². The lowest BCUT2D eigenvalue weighted by Gasteiger charge is -2.13. The van der Waals surface area contributed by atoms with Crippen LogP contribution in [0.5, 0.6) is 0 Å². The highest BCUT2D eigenvalue weighted by Gasteiger charge is 2.34. The molecular formula is C12H8BrF3IN3. The van der Waals surface area contributed by atoms with Crippen LogP contribution in [0, 0.1) is 10.5 Å². The predicted octanol–water partition coefficient (Wildman–Crippen LogP) is 4.42. The summed E-state index contributed by atoms with van der Waals surface area (Å²) in [6.45, 7) is 1.68. The van der Waals surface area contributed by atoms with E-state index < -0.39 is 11.7 Å². The Labute approximate surface area is 135 Å². The van der Waals surface area contributed by atoms with E-state index in [1.807, 2.05) is 22.6 Å². The summed E-state index contributed by atoms with van der Waals surface area (Å²) in [5.41, 5.74) is 5.35. The van der Waals surface area contributed by atoms with Gasteiger partial charge >= 0.3 is 6.18 Å². The van der Waals surface area contributed by atoms with E-state index in [0.717, 1.165) is 6.07 Å². The second-order valence-electron chi connectivity index (χ2n) is 4.02. The van der Waals surface area contributed by atoms with Gasteiger partial charge in [-0.2, -0.15) is 13.2 Å². The summed E-state index contributed by atoms with van der Waals surface area (Å²) < 4.78 is 40.2. The van der Waals surface area contributed by atoms with Gasteiger partial charge in [0.2, 0.25) is 0 Å². The summed E-state index contributed by atoms with van der Waals surface area (Å²) >= 11 is 4.99. The minimum atomic E-state index is -4.49. The van der Waals surface area contributed by atoms with Gasteiger partial charge in [-0.3, -0.25) is 0 Å². The van der Waals surface area contributed by atoms with E-state index in [0.29, 0.717) is 13.7 Å². The second kappa shape index (κ2) is 5.47. The molecule has 3 nitrogen and oxygen atoms in total. The Morgan fingerprint density at radius 1 is 1.25 bits per heavy atom. The molecular weight excluding hydrogens is 450 g/mol. The number of aryl methyl sites for hydroxylation is 1. The van der Waals surface area contributed by atoms with Crippen LogP contribution in [-0.2, 0) is 6.18 Å². The van der Waals surface area contributed by atoms with Crippen LogP contribution in [0.25, 0.3) is 11.4 Å². The van der Waals surface area contributed by atoms with E-state index in [9.17, 15) is 13.2 Å². The van der Waals surface area contributed by atoms with Crippen molar-refractivity contribution in [3.05, 3.63) is 37.5 Å². The summed E-state index contributed by atoms with van der Waals surface area (Å²) in [4.78, 5) is 8.05. The van der Waals surface area contributed by atoms with Gasteiger partial charge in [0.15, 0.2) is 5.82 Å². The highest BCUT2D eigenvalue weighted by atomic mass is 127. The zero-order valence-corrected chi connectivity index (χ0v) is 13.8. The van der Waals surface area contributed by atoms with Crippen LogP contribution in [-0.4, -0.2) is 9.97 Å². The third-order valence-corrected chi connectivity index (χ3v) is 4.40. The van der Waals surface area contributed by atoms with Crippen molar-refractivity contribution in [1.82, 2.24) is 9.97 Å². The van der Waals surface area contributed by atoms with Gasteiger partial charge in [0.05, 0.1) is 14.8 Å². The lowest BCUT2D eigenvalue weighted by molar-refractivity contribution is -0.137. The van der Waals surface area contributed by atoms with E-state index in [4.69, 9.17) is 5.73 Å². The lowest BCUT2D eigenvalue weighted by Crippen LogP contribution is -2.10. The van der Waals surface area contributed by atoms with E-state index in [-0.39, 0.29) is 17.2 Å². The van der Waals surface area contributed by atoms with E-state index in [2.05, 4.69) is 25.9 Å². The molecule has 0 fully saturated rings. The van der Waals surface area contributed by atoms with Crippen molar-refractivity contribution < 1.29 is 13.2 Å². The van der Waals surface area contributed by atoms with E-state index in [1.165, 1.54) is 12.1 Å². The molecule has 1 heterocycles. The van der Waals surface area contributed by atoms with Gasteiger partial charge < -0.3 is 5.73 Å². The maximum atomic E-state index is 13.1. The van der Waals surface area contributed by atoms with Crippen molar-refractivity contribution in [3.8, 4) is 11.4 Å². The number of hydrogen-bond acceptors (Lipinski definition) is 3. The van der Waals surface area contributed by atoms with Crippen LogP contribution in [0.1, 0.15) is 11.3 Å². The molecule has 0 aliphatic carbocycles. The van der Waals surface area contributed by atoms with Crippen LogP contribution in [0.3, 0.4) is 0 Å². The Morgan fingerprint density at radius 2 is 1.90 bits per heavy atom. The van der Waals surface area contributed by atoms with Crippen molar-refractivity contribution in [1.29, 1.82) is 0 Å². The Kier molecular flexibility index (Phi) is 4.24. The number of nitrogen functional groups attached to an aromatic ring is 1. The van der Waals surface area contributed by atoms with Crippen molar-refractivity contribution in [2.45, 2.75) is 13.1 Å². The predicted molar refractivity (Wildman–Crippen MR) is 82.0 cm³/mol. The molecule has 20 heavy (non-hydrogen) atoms. The molecule has 0 radical (unpaired) electrons. The summed E-state index contributed by atoms with van der Waals surface area (Å²) in [6.07, 6.45) is -4.49. The van der Waals surface area contributed by atoms with Crippen molar-refractivity contribution in [2.24, 2.45) is 0 Å². The summed E-state index contributed by atoms with van der Waals surface area (Å²) in [5.74, 6) is 0.143. The molecule has 0 saturated carbocycles. The van der Waals surface area contributed by atoms with Crippen LogP contribution in [0.15, 0.2) is 22.7 Å². The number of benzene rings is 1. The molecule has 0 aliphatic rings. The molecule has 1 aromatic heterocycles. The van der Waals surface area contributed by atoms with Gasteiger partial charge in [0.25, 0.3) is 0 Å². The first-order chi connectivity index (χ1) is 9.20. The van der Waals surface area contributed by atoms with Crippen molar-refractivity contribution >= 4 is 44.3 Å². The molecule has 2 N–H and O–H groups in total. The molecule has 2 rings (SSSR count). The highest BCUT2D eigenvalue weighted by Crippen LogP contribution is 2.38. The molecule has 0 spiro atoms. The fourth-order valence-corrected chi connectivity index (χ4v) is 2.25. The van der Waals surface area contributed by atoms with Crippen LogP contribution >= 0.6 is 38.5 Å².